The average molecular weight is 497 g/mol. The standard InChI is InChI=1S/C27H32N2O5S/c1-4-7-14-34-21-13-12-18(16-22(21)32-5-2)15-19(17-28)25(30)29-26-24(27(31)33-6-3)20-10-8-9-11-23(20)35-26/h12-13,15-16H,4-11,14H2,1-3H3,(H,29,30). The zero-order valence-electron chi connectivity index (χ0n) is 20.6. The van der Waals surface area contributed by atoms with E-state index in [0.717, 1.165) is 49.0 Å². The fourth-order valence-corrected chi connectivity index (χ4v) is 5.16. The minimum Gasteiger partial charge on any atom is -0.490 e. The maximum Gasteiger partial charge on any atom is 0.341 e. The van der Waals surface area contributed by atoms with E-state index in [1.165, 1.54) is 17.4 Å². The van der Waals surface area contributed by atoms with Gasteiger partial charge in [-0.25, -0.2) is 4.79 Å². The minimum atomic E-state index is -0.571. The Morgan fingerprint density at radius 2 is 1.91 bits per heavy atom. The van der Waals surface area contributed by atoms with Crippen LogP contribution in [0.5, 0.6) is 11.5 Å². The monoisotopic (exact) mass is 496 g/mol. The summed E-state index contributed by atoms with van der Waals surface area (Å²) in [6.07, 6.45) is 7.16. The van der Waals surface area contributed by atoms with Crippen LogP contribution >= 0.6 is 11.3 Å². The molecule has 1 amide bonds. The minimum absolute atomic E-state index is 0.0757. The Labute approximate surface area is 210 Å². The summed E-state index contributed by atoms with van der Waals surface area (Å²) in [5.41, 5.74) is 1.94. The number of hydrogen-bond donors (Lipinski definition) is 1. The van der Waals surface area contributed by atoms with E-state index in [4.69, 9.17) is 14.2 Å². The fraction of sp³-hybridized carbons (Fsp3) is 0.444. The lowest BCUT2D eigenvalue weighted by atomic mass is 9.95. The van der Waals surface area contributed by atoms with Crippen LogP contribution < -0.4 is 14.8 Å². The van der Waals surface area contributed by atoms with Gasteiger partial charge in [-0.3, -0.25) is 4.79 Å². The first-order valence-corrected chi connectivity index (χ1v) is 13.0. The molecule has 1 N–H and O–H groups in total. The molecule has 8 heteroatoms. The number of nitriles is 1. The molecule has 1 aliphatic rings. The second-order valence-electron chi connectivity index (χ2n) is 8.10. The quantitative estimate of drug-likeness (QED) is 0.179. The van der Waals surface area contributed by atoms with Crippen LogP contribution in [0.15, 0.2) is 23.8 Å². The van der Waals surface area contributed by atoms with Gasteiger partial charge in [0.15, 0.2) is 11.5 Å². The lowest BCUT2D eigenvalue weighted by Crippen LogP contribution is -2.16. The Bertz CT molecular complexity index is 1130. The van der Waals surface area contributed by atoms with Crippen molar-refractivity contribution < 1.29 is 23.8 Å². The Hall–Kier alpha value is -3.31. The number of nitrogens with zero attached hydrogens (tertiary/aromatic N) is 1. The molecule has 0 fully saturated rings. The number of carbonyl (C=O) groups is 2. The van der Waals surface area contributed by atoms with Gasteiger partial charge in [0.2, 0.25) is 0 Å². The van der Waals surface area contributed by atoms with Gasteiger partial charge in [-0.15, -0.1) is 11.3 Å². The topological polar surface area (TPSA) is 97.7 Å². The van der Waals surface area contributed by atoms with E-state index in [-0.39, 0.29) is 12.2 Å². The molecule has 0 bridgehead atoms. The Morgan fingerprint density at radius 3 is 2.63 bits per heavy atom. The molecule has 0 spiro atoms. The van der Waals surface area contributed by atoms with Gasteiger partial charge in [-0.2, -0.15) is 5.26 Å². The van der Waals surface area contributed by atoms with Crippen LogP contribution in [0, 0.1) is 11.3 Å². The summed E-state index contributed by atoms with van der Waals surface area (Å²) in [6, 6.07) is 7.30. The first-order chi connectivity index (χ1) is 17.0. The van der Waals surface area contributed by atoms with E-state index in [1.54, 1.807) is 25.1 Å². The van der Waals surface area contributed by atoms with Gasteiger partial charge in [-0.05, 0) is 75.3 Å². The first kappa shape index (κ1) is 26.3. The van der Waals surface area contributed by atoms with E-state index < -0.39 is 11.9 Å². The van der Waals surface area contributed by atoms with Crippen molar-refractivity contribution in [2.24, 2.45) is 0 Å². The van der Waals surface area contributed by atoms with Crippen molar-refractivity contribution in [1.82, 2.24) is 0 Å². The van der Waals surface area contributed by atoms with E-state index in [1.807, 2.05) is 13.0 Å². The highest BCUT2D eigenvalue weighted by atomic mass is 32.1. The summed E-state index contributed by atoms with van der Waals surface area (Å²) < 4.78 is 16.8. The van der Waals surface area contributed by atoms with Crippen molar-refractivity contribution in [3.63, 3.8) is 0 Å². The van der Waals surface area contributed by atoms with Gasteiger partial charge < -0.3 is 19.5 Å². The average Bonchev–Trinajstić information content (AvgIpc) is 3.22. The largest absolute Gasteiger partial charge is 0.490 e. The van der Waals surface area contributed by atoms with Crippen molar-refractivity contribution in [1.29, 1.82) is 5.26 Å². The van der Waals surface area contributed by atoms with Crippen LogP contribution in [-0.4, -0.2) is 31.7 Å². The number of carbonyl (C=O) groups excluding carboxylic acids is 2. The first-order valence-electron chi connectivity index (χ1n) is 12.2. The molecule has 0 radical (unpaired) electrons. The lowest BCUT2D eigenvalue weighted by molar-refractivity contribution is -0.112. The number of nitrogens with one attached hydrogen (secondary N) is 1. The lowest BCUT2D eigenvalue weighted by Gasteiger charge is -2.13. The van der Waals surface area contributed by atoms with Crippen LogP contribution in [0.25, 0.3) is 6.08 Å². The molecule has 0 saturated heterocycles. The summed E-state index contributed by atoms with van der Waals surface area (Å²) in [5, 5.41) is 12.9. The molecule has 0 atom stereocenters. The van der Waals surface area contributed by atoms with Gasteiger partial charge in [0.05, 0.1) is 25.4 Å². The Balaban J connectivity index is 1.86. The van der Waals surface area contributed by atoms with Crippen LogP contribution in [0.2, 0.25) is 0 Å². The second-order valence-corrected chi connectivity index (χ2v) is 9.21. The molecule has 3 rings (SSSR count). The number of aryl methyl sites for hydroxylation is 1. The van der Waals surface area contributed by atoms with Crippen LogP contribution in [0.3, 0.4) is 0 Å². The normalized spacial score (nSPS) is 12.9. The molecule has 2 aromatic rings. The fourth-order valence-electron chi connectivity index (χ4n) is 3.89. The number of unbranched alkanes of at least 4 members (excludes halogenated alkanes) is 1. The number of fused-ring (bicyclic) bond motifs is 1. The van der Waals surface area contributed by atoms with E-state index >= 15 is 0 Å². The molecule has 0 unspecified atom stereocenters. The summed E-state index contributed by atoms with van der Waals surface area (Å²) in [6.45, 7) is 7.03. The molecule has 1 aromatic carbocycles. The van der Waals surface area contributed by atoms with Crippen molar-refractivity contribution in [3.05, 3.63) is 45.3 Å². The van der Waals surface area contributed by atoms with Crippen LogP contribution in [-0.2, 0) is 22.4 Å². The highest BCUT2D eigenvalue weighted by Gasteiger charge is 2.27. The molecular formula is C27H32N2O5S. The maximum atomic E-state index is 13.0. The summed E-state index contributed by atoms with van der Waals surface area (Å²) in [5.74, 6) is 0.178. The third kappa shape index (κ3) is 6.64. The number of hydrogen-bond acceptors (Lipinski definition) is 7. The van der Waals surface area contributed by atoms with Gasteiger partial charge in [-0.1, -0.05) is 19.4 Å². The molecule has 7 nitrogen and oxygen atoms in total. The molecule has 186 valence electrons. The third-order valence-corrected chi connectivity index (χ3v) is 6.78. The van der Waals surface area contributed by atoms with Crippen molar-refractivity contribution in [2.75, 3.05) is 25.1 Å². The Morgan fingerprint density at radius 1 is 1.11 bits per heavy atom. The van der Waals surface area contributed by atoms with Crippen molar-refractivity contribution >= 4 is 34.3 Å². The predicted octanol–water partition coefficient (Wildman–Crippen LogP) is 5.93. The van der Waals surface area contributed by atoms with Crippen LogP contribution in [0.4, 0.5) is 5.00 Å². The molecule has 0 aliphatic heterocycles. The third-order valence-electron chi connectivity index (χ3n) is 5.58. The van der Waals surface area contributed by atoms with Crippen molar-refractivity contribution in [2.45, 2.75) is 59.3 Å². The van der Waals surface area contributed by atoms with Crippen LogP contribution in [0.1, 0.15) is 72.8 Å². The molecule has 1 heterocycles. The van der Waals surface area contributed by atoms with Gasteiger partial charge in [0.25, 0.3) is 5.91 Å². The second kappa shape index (κ2) is 13.0. The zero-order valence-corrected chi connectivity index (χ0v) is 21.4. The van der Waals surface area contributed by atoms with E-state index in [2.05, 4.69) is 12.2 Å². The number of benzene rings is 1. The molecule has 35 heavy (non-hydrogen) atoms. The molecular weight excluding hydrogens is 464 g/mol. The summed E-state index contributed by atoms with van der Waals surface area (Å²) in [4.78, 5) is 26.8. The predicted molar refractivity (Wildman–Crippen MR) is 137 cm³/mol. The summed E-state index contributed by atoms with van der Waals surface area (Å²) >= 11 is 1.39. The molecule has 1 aromatic heterocycles. The Kier molecular flexibility index (Phi) is 9.74. The highest BCUT2D eigenvalue weighted by molar-refractivity contribution is 7.17. The van der Waals surface area contributed by atoms with Gasteiger partial charge in [0, 0.05) is 4.88 Å². The number of thiophene rings is 1. The smallest absolute Gasteiger partial charge is 0.341 e. The number of anilines is 1. The number of amides is 1. The summed E-state index contributed by atoms with van der Waals surface area (Å²) in [7, 11) is 0. The van der Waals surface area contributed by atoms with Gasteiger partial charge >= 0.3 is 5.97 Å². The van der Waals surface area contributed by atoms with Gasteiger partial charge in [0.1, 0.15) is 16.6 Å². The molecule has 0 saturated carbocycles. The maximum absolute atomic E-state index is 13.0. The number of ether oxygens (including phenoxy) is 3. The van der Waals surface area contributed by atoms with E-state index in [9.17, 15) is 14.9 Å². The van der Waals surface area contributed by atoms with Crippen molar-refractivity contribution in [3.8, 4) is 17.6 Å². The van der Waals surface area contributed by atoms with E-state index in [0.29, 0.717) is 40.8 Å². The highest BCUT2D eigenvalue weighted by Crippen LogP contribution is 2.39. The zero-order chi connectivity index (χ0) is 25.2. The SMILES string of the molecule is CCCCOc1ccc(C=C(C#N)C(=O)Nc2sc3c(c2C(=O)OCC)CCCC3)cc1OCC. The number of esters is 1. The number of rotatable bonds is 11. The molecule has 1 aliphatic carbocycles.